The average Bonchev–Trinajstić information content (AvgIpc) is 3.17. The van der Waals surface area contributed by atoms with Crippen LogP contribution in [0.4, 0.5) is 0 Å². The van der Waals surface area contributed by atoms with Crippen molar-refractivity contribution in [1.82, 2.24) is 24.5 Å². The molecular weight excluding hydrogens is 270 g/mol. The molecule has 1 aliphatic heterocycles. The van der Waals surface area contributed by atoms with E-state index in [1.807, 2.05) is 24.2 Å². The molecule has 7 heteroatoms. The third-order valence-corrected chi connectivity index (χ3v) is 3.89. The molecule has 0 N–H and O–H groups in total. The highest BCUT2D eigenvalue weighted by Crippen LogP contribution is 2.08. The Bertz CT molecular complexity index is 584. The Kier molecular flexibility index (Phi) is 4.01. The molecule has 0 radical (unpaired) electrons. The van der Waals surface area contributed by atoms with Crippen LogP contribution in [0.15, 0.2) is 29.2 Å². The maximum Gasteiger partial charge on any atom is 0.292 e. The maximum atomic E-state index is 12.1. The van der Waals surface area contributed by atoms with Crippen molar-refractivity contribution in [1.29, 1.82) is 0 Å². The monoisotopic (exact) mass is 289 g/mol. The number of piperazine rings is 1. The van der Waals surface area contributed by atoms with E-state index in [2.05, 4.69) is 19.6 Å². The predicted octanol–water partition coefficient (Wildman–Crippen LogP) is 0.638. The first-order valence-corrected chi connectivity index (χ1v) is 7.14. The van der Waals surface area contributed by atoms with E-state index in [0.717, 1.165) is 45.1 Å². The van der Waals surface area contributed by atoms with Crippen LogP contribution in [-0.2, 0) is 6.54 Å². The zero-order valence-electron chi connectivity index (χ0n) is 12.1. The zero-order valence-corrected chi connectivity index (χ0v) is 12.1. The van der Waals surface area contributed by atoms with E-state index >= 15 is 0 Å². The molecule has 0 spiro atoms. The molecule has 1 saturated heterocycles. The van der Waals surface area contributed by atoms with Gasteiger partial charge in [0.05, 0.1) is 6.20 Å². The van der Waals surface area contributed by atoms with Crippen LogP contribution < -0.4 is 0 Å². The molecule has 0 bridgehead atoms. The van der Waals surface area contributed by atoms with Crippen LogP contribution in [0.1, 0.15) is 16.4 Å². The SMILES string of the molecule is Cc1nccn1CCN1CCN(C(=O)c2ccno2)CC1. The second-order valence-corrected chi connectivity index (χ2v) is 5.18. The van der Waals surface area contributed by atoms with Crippen molar-refractivity contribution in [3.05, 3.63) is 36.2 Å². The van der Waals surface area contributed by atoms with Crippen LogP contribution in [0.2, 0.25) is 0 Å². The Morgan fingerprint density at radius 1 is 1.24 bits per heavy atom. The van der Waals surface area contributed by atoms with Crippen molar-refractivity contribution in [3.63, 3.8) is 0 Å². The Morgan fingerprint density at radius 3 is 2.67 bits per heavy atom. The van der Waals surface area contributed by atoms with Crippen molar-refractivity contribution < 1.29 is 9.32 Å². The number of aromatic nitrogens is 3. The number of amides is 1. The van der Waals surface area contributed by atoms with Gasteiger partial charge >= 0.3 is 0 Å². The minimum Gasteiger partial charge on any atom is -0.351 e. The Labute approximate surface area is 123 Å². The molecule has 0 atom stereocenters. The first-order chi connectivity index (χ1) is 10.2. The summed E-state index contributed by atoms with van der Waals surface area (Å²) in [5.74, 6) is 1.28. The van der Waals surface area contributed by atoms with E-state index in [1.165, 1.54) is 6.20 Å². The van der Waals surface area contributed by atoms with Gasteiger partial charge in [-0.05, 0) is 6.92 Å². The molecule has 21 heavy (non-hydrogen) atoms. The highest BCUT2D eigenvalue weighted by molar-refractivity contribution is 5.91. The lowest BCUT2D eigenvalue weighted by atomic mass is 10.3. The van der Waals surface area contributed by atoms with Gasteiger partial charge < -0.3 is 14.0 Å². The molecule has 1 aliphatic rings. The quantitative estimate of drug-likeness (QED) is 0.826. The van der Waals surface area contributed by atoms with Gasteiger partial charge in [-0.25, -0.2) is 4.98 Å². The molecule has 2 aromatic heterocycles. The topological polar surface area (TPSA) is 67.4 Å². The van der Waals surface area contributed by atoms with E-state index in [4.69, 9.17) is 4.52 Å². The summed E-state index contributed by atoms with van der Waals surface area (Å²) in [5, 5.41) is 3.58. The summed E-state index contributed by atoms with van der Waals surface area (Å²) in [5.41, 5.74) is 0. The smallest absolute Gasteiger partial charge is 0.292 e. The summed E-state index contributed by atoms with van der Waals surface area (Å²) < 4.78 is 7.06. The first-order valence-electron chi connectivity index (χ1n) is 7.14. The highest BCUT2D eigenvalue weighted by Gasteiger charge is 2.23. The van der Waals surface area contributed by atoms with Crippen LogP contribution in [0, 0.1) is 6.92 Å². The molecule has 7 nitrogen and oxygen atoms in total. The van der Waals surface area contributed by atoms with Gasteiger partial charge in [-0.2, -0.15) is 0 Å². The molecule has 0 aromatic carbocycles. The minimum atomic E-state index is -0.0717. The number of rotatable bonds is 4. The number of carbonyl (C=O) groups is 1. The molecule has 3 rings (SSSR count). The van der Waals surface area contributed by atoms with Crippen molar-refractivity contribution >= 4 is 5.91 Å². The third kappa shape index (κ3) is 3.13. The van der Waals surface area contributed by atoms with Gasteiger partial charge in [0.2, 0.25) is 5.76 Å². The van der Waals surface area contributed by atoms with Gasteiger partial charge in [0.25, 0.3) is 5.91 Å². The Balaban J connectivity index is 1.47. The second-order valence-electron chi connectivity index (χ2n) is 5.18. The number of imidazole rings is 1. The number of hydrogen-bond acceptors (Lipinski definition) is 5. The zero-order chi connectivity index (χ0) is 14.7. The van der Waals surface area contributed by atoms with E-state index in [1.54, 1.807) is 6.07 Å². The van der Waals surface area contributed by atoms with Crippen LogP contribution >= 0.6 is 0 Å². The summed E-state index contributed by atoms with van der Waals surface area (Å²) in [4.78, 5) is 20.5. The molecule has 1 amide bonds. The maximum absolute atomic E-state index is 12.1. The number of nitrogens with zero attached hydrogens (tertiary/aromatic N) is 5. The number of aryl methyl sites for hydroxylation is 1. The summed E-state index contributed by atoms with van der Waals surface area (Å²) in [6.07, 6.45) is 5.32. The lowest BCUT2D eigenvalue weighted by Crippen LogP contribution is -2.49. The van der Waals surface area contributed by atoms with Crippen molar-refractivity contribution in [2.45, 2.75) is 13.5 Å². The molecular formula is C14H19N5O2. The van der Waals surface area contributed by atoms with Crippen molar-refractivity contribution in [3.8, 4) is 0 Å². The van der Waals surface area contributed by atoms with Crippen molar-refractivity contribution in [2.24, 2.45) is 0 Å². The molecule has 112 valence electrons. The molecule has 0 saturated carbocycles. The third-order valence-electron chi connectivity index (χ3n) is 3.89. The molecule has 3 heterocycles. The van der Waals surface area contributed by atoms with Crippen LogP contribution in [0.3, 0.4) is 0 Å². The van der Waals surface area contributed by atoms with Gasteiger partial charge in [0.15, 0.2) is 0 Å². The van der Waals surface area contributed by atoms with Crippen LogP contribution in [0.5, 0.6) is 0 Å². The summed E-state index contributed by atoms with van der Waals surface area (Å²) in [6.45, 7) is 7.13. The predicted molar refractivity (Wildman–Crippen MR) is 75.8 cm³/mol. The summed E-state index contributed by atoms with van der Waals surface area (Å²) in [6, 6.07) is 1.61. The van der Waals surface area contributed by atoms with Crippen molar-refractivity contribution in [2.75, 3.05) is 32.7 Å². The number of hydrogen-bond donors (Lipinski definition) is 0. The average molecular weight is 289 g/mol. The van der Waals surface area contributed by atoms with Crippen LogP contribution in [0.25, 0.3) is 0 Å². The van der Waals surface area contributed by atoms with Gasteiger partial charge in [-0.1, -0.05) is 5.16 Å². The first kappa shape index (κ1) is 13.8. The standard InChI is InChI=1S/C14H19N5O2/c1-12-15-4-5-18(12)9-6-17-7-10-19(11-8-17)14(20)13-2-3-16-21-13/h2-5H,6-11H2,1H3. The lowest BCUT2D eigenvalue weighted by Gasteiger charge is -2.34. The minimum absolute atomic E-state index is 0.0717. The largest absolute Gasteiger partial charge is 0.351 e. The van der Waals surface area contributed by atoms with E-state index in [0.29, 0.717) is 5.76 Å². The number of carbonyl (C=O) groups excluding carboxylic acids is 1. The van der Waals surface area contributed by atoms with Gasteiger partial charge in [0, 0.05) is 57.7 Å². The molecule has 0 unspecified atom stereocenters. The summed E-state index contributed by atoms with van der Waals surface area (Å²) in [7, 11) is 0. The van der Waals surface area contributed by atoms with E-state index in [-0.39, 0.29) is 5.91 Å². The van der Waals surface area contributed by atoms with Gasteiger partial charge in [-0.3, -0.25) is 9.69 Å². The van der Waals surface area contributed by atoms with Crippen LogP contribution in [-0.4, -0.2) is 63.1 Å². The van der Waals surface area contributed by atoms with Gasteiger partial charge in [0.1, 0.15) is 5.82 Å². The summed E-state index contributed by atoms with van der Waals surface area (Å²) >= 11 is 0. The molecule has 1 fully saturated rings. The normalized spacial score (nSPS) is 16.3. The lowest BCUT2D eigenvalue weighted by molar-refractivity contribution is 0.0593. The second kappa shape index (κ2) is 6.09. The van der Waals surface area contributed by atoms with E-state index < -0.39 is 0 Å². The fourth-order valence-electron chi connectivity index (χ4n) is 2.55. The highest BCUT2D eigenvalue weighted by atomic mass is 16.5. The fourth-order valence-corrected chi connectivity index (χ4v) is 2.55. The Hall–Kier alpha value is -2.15. The Morgan fingerprint density at radius 2 is 2.05 bits per heavy atom. The van der Waals surface area contributed by atoms with E-state index in [9.17, 15) is 4.79 Å². The molecule has 2 aromatic rings. The fraction of sp³-hybridized carbons (Fsp3) is 0.500. The molecule has 0 aliphatic carbocycles. The van der Waals surface area contributed by atoms with Gasteiger partial charge in [-0.15, -0.1) is 0 Å².